The summed E-state index contributed by atoms with van der Waals surface area (Å²) in [6.45, 7) is 15.2. The molecule has 1 N–H and O–H groups in total. The third-order valence-electron chi connectivity index (χ3n) is 5.82. The molecular formula is C27H34ClNO2S. The number of benzene rings is 2. The second kappa shape index (κ2) is 9.15. The average molecular weight is 472 g/mol. The molecule has 3 aromatic rings. The summed E-state index contributed by atoms with van der Waals surface area (Å²) >= 11 is 7.83. The number of carboxylic acid groups (broad SMARTS) is 1. The van der Waals surface area contributed by atoms with Crippen LogP contribution in [0, 0.1) is 5.41 Å². The van der Waals surface area contributed by atoms with Gasteiger partial charge in [0, 0.05) is 32.9 Å². The van der Waals surface area contributed by atoms with E-state index in [9.17, 15) is 9.90 Å². The molecule has 1 aromatic heterocycles. The van der Waals surface area contributed by atoms with Crippen LogP contribution in [0.4, 0.5) is 0 Å². The summed E-state index contributed by atoms with van der Waals surface area (Å²) in [4.78, 5) is 12.4. The molecule has 0 radical (unpaired) electrons. The van der Waals surface area contributed by atoms with Gasteiger partial charge in [-0.15, -0.1) is 11.8 Å². The van der Waals surface area contributed by atoms with Crippen LogP contribution in [-0.4, -0.2) is 20.4 Å². The first kappa shape index (κ1) is 24.7. The highest BCUT2D eigenvalue weighted by Gasteiger charge is 2.42. The molecule has 5 heteroatoms. The van der Waals surface area contributed by atoms with E-state index < -0.39 is 11.4 Å². The highest BCUT2D eigenvalue weighted by molar-refractivity contribution is 8.00. The number of halogens is 1. The number of carbonyl (C=O) groups is 1. The largest absolute Gasteiger partial charge is 0.481 e. The van der Waals surface area contributed by atoms with Crippen LogP contribution in [-0.2, 0) is 11.3 Å². The second-order valence-electron chi connectivity index (χ2n) is 10.4. The lowest BCUT2D eigenvalue weighted by atomic mass is 9.87. The second-order valence-corrected chi connectivity index (χ2v) is 12.8. The van der Waals surface area contributed by atoms with Gasteiger partial charge in [-0.1, -0.05) is 64.4 Å². The van der Waals surface area contributed by atoms with Crippen molar-refractivity contribution in [1.29, 1.82) is 0 Å². The van der Waals surface area contributed by atoms with E-state index in [4.69, 9.17) is 11.6 Å². The number of thioether (sulfide) groups is 1. The van der Waals surface area contributed by atoms with Crippen LogP contribution >= 0.6 is 23.4 Å². The van der Waals surface area contributed by atoms with Gasteiger partial charge in [0.15, 0.2) is 0 Å². The molecule has 0 amide bonds. The highest BCUT2D eigenvalue weighted by Crippen LogP contribution is 2.50. The van der Waals surface area contributed by atoms with Crippen molar-refractivity contribution in [2.45, 2.75) is 70.9 Å². The number of hydrogen-bond donors (Lipinski definition) is 1. The summed E-state index contributed by atoms with van der Waals surface area (Å²) in [7, 11) is 0. The first-order valence-electron chi connectivity index (χ1n) is 11.1. The standard InChI is InChI=1S/C27H34ClNO2S/c1-17(2)19-10-13-22-20(14-19)15-23(29(22)16-18-8-11-21(28)12-9-18)24(32-26(3,4)5)27(6,7)25(30)31/h8-15,17,24H,16H2,1-7H3,(H,30,31). The van der Waals surface area contributed by atoms with Crippen molar-refractivity contribution >= 4 is 40.2 Å². The SMILES string of the molecule is CC(C)c1ccc2c(c1)cc(C(SC(C)(C)C)C(C)(C)C(=O)O)n2Cc1ccc(Cl)cc1. The Morgan fingerprint density at radius 1 is 1.03 bits per heavy atom. The maximum atomic E-state index is 12.4. The molecule has 1 heterocycles. The van der Waals surface area contributed by atoms with Gasteiger partial charge in [-0.25, -0.2) is 0 Å². The van der Waals surface area contributed by atoms with Gasteiger partial charge in [0.05, 0.1) is 10.7 Å². The summed E-state index contributed by atoms with van der Waals surface area (Å²) in [5.74, 6) is -0.358. The number of carboxylic acids is 1. The normalized spacial score (nSPS) is 13.7. The lowest BCUT2D eigenvalue weighted by Crippen LogP contribution is -2.33. The van der Waals surface area contributed by atoms with Crippen LogP contribution < -0.4 is 0 Å². The molecule has 172 valence electrons. The zero-order valence-electron chi connectivity index (χ0n) is 20.1. The summed E-state index contributed by atoms with van der Waals surface area (Å²) in [6, 6.07) is 16.7. The van der Waals surface area contributed by atoms with E-state index in [1.165, 1.54) is 5.56 Å². The van der Waals surface area contributed by atoms with E-state index in [1.807, 2.05) is 38.1 Å². The molecule has 3 nitrogen and oxygen atoms in total. The lowest BCUT2D eigenvalue weighted by Gasteiger charge is -2.35. The Hall–Kier alpha value is -1.91. The number of fused-ring (bicyclic) bond motifs is 1. The molecule has 0 aliphatic carbocycles. The van der Waals surface area contributed by atoms with Crippen molar-refractivity contribution in [3.8, 4) is 0 Å². The fourth-order valence-corrected chi connectivity index (χ4v) is 5.42. The Labute approximate surface area is 201 Å². The van der Waals surface area contributed by atoms with Crippen LogP contribution in [0.1, 0.15) is 76.5 Å². The average Bonchev–Trinajstić information content (AvgIpc) is 3.04. The molecule has 0 aliphatic heterocycles. The molecule has 0 saturated carbocycles. The fourth-order valence-electron chi connectivity index (χ4n) is 3.88. The molecule has 0 saturated heterocycles. The van der Waals surface area contributed by atoms with E-state index in [-0.39, 0.29) is 10.00 Å². The minimum atomic E-state index is -0.940. The minimum absolute atomic E-state index is 0.0952. The third kappa shape index (κ3) is 5.35. The van der Waals surface area contributed by atoms with Gasteiger partial charge >= 0.3 is 5.97 Å². The van der Waals surface area contributed by atoms with Crippen LogP contribution in [0.15, 0.2) is 48.5 Å². The predicted molar refractivity (Wildman–Crippen MR) is 138 cm³/mol. The number of rotatable bonds is 7. The van der Waals surface area contributed by atoms with Crippen molar-refractivity contribution < 1.29 is 9.90 Å². The molecule has 3 rings (SSSR count). The van der Waals surface area contributed by atoms with E-state index in [2.05, 4.69) is 63.5 Å². The molecule has 0 fully saturated rings. The zero-order valence-corrected chi connectivity index (χ0v) is 21.6. The lowest BCUT2D eigenvalue weighted by molar-refractivity contribution is -0.147. The van der Waals surface area contributed by atoms with Crippen molar-refractivity contribution in [3.63, 3.8) is 0 Å². The first-order chi connectivity index (χ1) is 14.8. The quantitative estimate of drug-likeness (QED) is 0.378. The summed E-state index contributed by atoms with van der Waals surface area (Å²) in [5.41, 5.74) is 3.65. The van der Waals surface area contributed by atoms with E-state index >= 15 is 0 Å². The monoisotopic (exact) mass is 471 g/mol. The Balaban J connectivity index is 2.25. The Morgan fingerprint density at radius 3 is 2.19 bits per heavy atom. The van der Waals surface area contributed by atoms with E-state index in [1.54, 1.807) is 11.8 Å². The molecule has 0 bridgehead atoms. The molecule has 1 unspecified atom stereocenters. The van der Waals surface area contributed by atoms with Crippen molar-refractivity contribution in [2.24, 2.45) is 5.41 Å². The van der Waals surface area contributed by atoms with Gasteiger partial charge in [-0.2, -0.15) is 0 Å². The van der Waals surface area contributed by atoms with Gasteiger partial charge in [0.25, 0.3) is 0 Å². The molecule has 32 heavy (non-hydrogen) atoms. The Morgan fingerprint density at radius 2 is 1.66 bits per heavy atom. The Kier molecular flexibility index (Phi) is 7.07. The Bertz CT molecular complexity index is 1110. The highest BCUT2D eigenvalue weighted by atomic mass is 35.5. The molecule has 2 aromatic carbocycles. The van der Waals surface area contributed by atoms with Crippen LogP contribution in [0.2, 0.25) is 5.02 Å². The van der Waals surface area contributed by atoms with Crippen molar-refractivity contribution in [2.75, 3.05) is 0 Å². The van der Waals surface area contributed by atoms with Gasteiger partial charge < -0.3 is 9.67 Å². The molecular weight excluding hydrogens is 438 g/mol. The first-order valence-corrected chi connectivity index (χ1v) is 12.3. The maximum Gasteiger partial charge on any atom is 0.310 e. The smallest absolute Gasteiger partial charge is 0.310 e. The number of aromatic nitrogens is 1. The van der Waals surface area contributed by atoms with Crippen molar-refractivity contribution in [1.82, 2.24) is 4.57 Å². The number of hydrogen-bond acceptors (Lipinski definition) is 2. The van der Waals surface area contributed by atoms with Crippen LogP contribution in [0.3, 0.4) is 0 Å². The van der Waals surface area contributed by atoms with Gasteiger partial charge in [-0.3, -0.25) is 4.79 Å². The maximum absolute atomic E-state index is 12.4. The minimum Gasteiger partial charge on any atom is -0.481 e. The topological polar surface area (TPSA) is 42.2 Å². The molecule has 1 atom stereocenters. The molecule has 0 aliphatic rings. The van der Waals surface area contributed by atoms with E-state index in [0.29, 0.717) is 17.5 Å². The van der Waals surface area contributed by atoms with Crippen molar-refractivity contribution in [3.05, 3.63) is 70.4 Å². The van der Waals surface area contributed by atoms with E-state index in [0.717, 1.165) is 22.2 Å². The summed E-state index contributed by atoms with van der Waals surface area (Å²) in [6.07, 6.45) is 0. The van der Waals surface area contributed by atoms with Gasteiger partial charge in [0.1, 0.15) is 0 Å². The van der Waals surface area contributed by atoms with Gasteiger partial charge in [0.2, 0.25) is 0 Å². The summed E-state index contributed by atoms with van der Waals surface area (Å²) < 4.78 is 2.19. The fraction of sp³-hybridized carbons (Fsp3) is 0.444. The third-order valence-corrected chi connectivity index (χ3v) is 7.85. The zero-order chi connectivity index (χ0) is 23.8. The predicted octanol–water partition coefficient (Wildman–Crippen LogP) is 8.15. The molecule has 0 spiro atoms. The summed E-state index contributed by atoms with van der Waals surface area (Å²) in [5, 5.41) is 11.8. The van der Waals surface area contributed by atoms with Crippen LogP contribution in [0.25, 0.3) is 10.9 Å². The van der Waals surface area contributed by atoms with Crippen LogP contribution in [0.5, 0.6) is 0 Å². The number of nitrogens with zero attached hydrogens (tertiary/aromatic N) is 1. The van der Waals surface area contributed by atoms with Gasteiger partial charge in [-0.05, 0) is 61.2 Å². The number of aliphatic carboxylic acids is 1.